The average molecular weight is 137 g/mol. The van der Waals surface area contributed by atoms with Gasteiger partial charge in [-0.15, -0.1) is 0 Å². The minimum absolute atomic E-state index is 0.776. The van der Waals surface area contributed by atoms with Gasteiger partial charge in [-0.1, -0.05) is 6.42 Å². The molecule has 2 saturated carbocycles. The van der Waals surface area contributed by atoms with Gasteiger partial charge in [0.15, 0.2) is 0 Å². The van der Waals surface area contributed by atoms with Gasteiger partial charge in [-0.25, -0.2) is 0 Å². The molecule has 10 heavy (non-hydrogen) atoms. The van der Waals surface area contributed by atoms with Gasteiger partial charge in [0, 0.05) is 11.6 Å². The summed E-state index contributed by atoms with van der Waals surface area (Å²) in [6, 6.07) is 1.01. The highest BCUT2D eigenvalue weighted by Crippen LogP contribution is 2.63. The molecule has 1 aliphatic heterocycles. The minimum Gasteiger partial charge on any atom is -0.294 e. The summed E-state index contributed by atoms with van der Waals surface area (Å²) in [5, 5.41) is 0. The molecule has 1 nitrogen and oxygen atoms in total. The monoisotopic (exact) mass is 137 g/mol. The van der Waals surface area contributed by atoms with Crippen LogP contribution in [0.5, 0.6) is 0 Å². The van der Waals surface area contributed by atoms with Gasteiger partial charge in [0.25, 0.3) is 0 Å². The third kappa shape index (κ3) is 0.378. The first-order valence-electron chi connectivity index (χ1n) is 4.58. The lowest BCUT2D eigenvalue weighted by Gasteiger charge is -2.40. The Kier molecular flexibility index (Phi) is 0.797. The maximum atomic E-state index is 2.63. The Labute approximate surface area is 62.4 Å². The van der Waals surface area contributed by atoms with Gasteiger partial charge < -0.3 is 0 Å². The van der Waals surface area contributed by atoms with E-state index >= 15 is 0 Å². The highest BCUT2D eigenvalue weighted by atomic mass is 15.4. The highest BCUT2D eigenvalue weighted by Gasteiger charge is 2.69. The molecule has 3 fully saturated rings. The minimum atomic E-state index is 0.776. The maximum absolute atomic E-state index is 2.63. The first-order valence-corrected chi connectivity index (χ1v) is 4.58. The van der Waals surface area contributed by atoms with Crippen LogP contribution in [0.3, 0.4) is 0 Å². The lowest BCUT2D eigenvalue weighted by Crippen LogP contribution is -2.41. The second kappa shape index (κ2) is 1.42. The van der Waals surface area contributed by atoms with E-state index in [1.54, 1.807) is 0 Å². The average Bonchev–Trinajstić information content (AvgIpc) is 2.48. The molecule has 0 N–H and O–H groups in total. The van der Waals surface area contributed by atoms with Gasteiger partial charge in [-0.05, 0) is 38.6 Å². The smallest absolute Gasteiger partial charge is 0.0393 e. The molecule has 4 unspecified atom stereocenters. The van der Waals surface area contributed by atoms with Crippen LogP contribution in [-0.4, -0.2) is 23.5 Å². The molecule has 1 spiro atoms. The molecule has 56 valence electrons. The van der Waals surface area contributed by atoms with Crippen molar-refractivity contribution in [1.82, 2.24) is 4.90 Å². The predicted octanol–water partition coefficient (Wildman–Crippen LogP) is 1.63. The molecular weight excluding hydrogens is 122 g/mol. The molecule has 0 radical (unpaired) electrons. The van der Waals surface area contributed by atoms with E-state index in [1.807, 2.05) is 0 Å². The number of likely N-dealkylation sites (N-methyl/N-ethyl adjacent to an activating group) is 1. The van der Waals surface area contributed by atoms with Crippen molar-refractivity contribution < 1.29 is 0 Å². The van der Waals surface area contributed by atoms with E-state index in [1.165, 1.54) is 32.1 Å². The Bertz CT molecular complexity index is 170. The van der Waals surface area contributed by atoms with Gasteiger partial charge in [0.1, 0.15) is 0 Å². The molecule has 0 aromatic heterocycles. The van der Waals surface area contributed by atoms with Crippen LogP contribution in [0.4, 0.5) is 0 Å². The topological polar surface area (TPSA) is 3.01 Å². The summed E-state index contributed by atoms with van der Waals surface area (Å²) in [7, 11) is 2.32. The van der Waals surface area contributed by atoms with Crippen LogP contribution in [0, 0.1) is 5.92 Å². The summed E-state index contributed by atoms with van der Waals surface area (Å²) >= 11 is 0. The van der Waals surface area contributed by atoms with Crippen molar-refractivity contribution in [2.24, 2.45) is 5.92 Å². The van der Waals surface area contributed by atoms with E-state index in [0.717, 1.165) is 17.5 Å². The SMILES string of the molecule is CN1C2CCCC3CCC321. The Morgan fingerprint density at radius 1 is 1.30 bits per heavy atom. The van der Waals surface area contributed by atoms with Crippen molar-refractivity contribution in [2.75, 3.05) is 7.05 Å². The van der Waals surface area contributed by atoms with Crippen LogP contribution in [0.2, 0.25) is 0 Å². The Hall–Kier alpha value is -0.0400. The third-order valence-corrected chi connectivity index (χ3v) is 4.26. The summed E-state index contributed by atoms with van der Waals surface area (Å²) in [4.78, 5) is 2.63. The lowest BCUT2D eigenvalue weighted by molar-refractivity contribution is 0.145. The fraction of sp³-hybridized carbons (Fsp3) is 1.00. The number of hydrogen-bond acceptors (Lipinski definition) is 1. The molecule has 0 bridgehead atoms. The van der Waals surface area contributed by atoms with Gasteiger partial charge in [0.2, 0.25) is 0 Å². The Morgan fingerprint density at radius 2 is 2.20 bits per heavy atom. The summed E-state index contributed by atoms with van der Waals surface area (Å²) in [5.74, 6) is 1.11. The maximum Gasteiger partial charge on any atom is 0.0393 e. The van der Waals surface area contributed by atoms with Crippen molar-refractivity contribution >= 4 is 0 Å². The lowest BCUT2D eigenvalue weighted by atomic mass is 9.65. The van der Waals surface area contributed by atoms with Crippen LogP contribution in [0.25, 0.3) is 0 Å². The second-order valence-corrected chi connectivity index (χ2v) is 4.28. The van der Waals surface area contributed by atoms with Crippen molar-refractivity contribution in [2.45, 2.75) is 43.7 Å². The molecule has 0 aromatic rings. The normalized spacial score (nSPS) is 63.9. The zero-order valence-corrected chi connectivity index (χ0v) is 6.64. The van der Waals surface area contributed by atoms with Crippen LogP contribution in [0.15, 0.2) is 0 Å². The fourth-order valence-corrected chi connectivity index (χ4v) is 3.51. The Balaban J connectivity index is 1.92. The molecule has 0 aromatic carbocycles. The molecule has 4 atom stereocenters. The molecule has 1 heterocycles. The van der Waals surface area contributed by atoms with Gasteiger partial charge in [-0.2, -0.15) is 0 Å². The van der Waals surface area contributed by atoms with Gasteiger partial charge in [-0.3, -0.25) is 4.90 Å². The molecule has 1 heteroatoms. The number of hydrogen-bond donors (Lipinski definition) is 0. The van der Waals surface area contributed by atoms with E-state index in [0.29, 0.717) is 0 Å². The fourth-order valence-electron chi connectivity index (χ4n) is 3.51. The summed E-state index contributed by atoms with van der Waals surface area (Å²) in [6.07, 6.45) is 7.56. The summed E-state index contributed by atoms with van der Waals surface area (Å²) < 4.78 is 0. The number of likely N-dealkylation sites (tertiary alicyclic amines) is 1. The highest BCUT2D eigenvalue weighted by molar-refractivity contribution is 5.25. The van der Waals surface area contributed by atoms with Crippen molar-refractivity contribution in [3.63, 3.8) is 0 Å². The van der Waals surface area contributed by atoms with Gasteiger partial charge >= 0.3 is 0 Å². The van der Waals surface area contributed by atoms with E-state index < -0.39 is 0 Å². The van der Waals surface area contributed by atoms with Crippen LogP contribution in [0.1, 0.15) is 32.1 Å². The second-order valence-electron chi connectivity index (χ2n) is 4.28. The Morgan fingerprint density at radius 3 is 2.70 bits per heavy atom. The van der Waals surface area contributed by atoms with Crippen LogP contribution >= 0.6 is 0 Å². The summed E-state index contributed by atoms with van der Waals surface area (Å²) in [6.45, 7) is 0. The molecule has 0 amide bonds. The van der Waals surface area contributed by atoms with Gasteiger partial charge in [0.05, 0.1) is 0 Å². The third-order valence-electron chi connectivity index (χ3n) is 4.26. The van der Waals surface area contributed by atoms with E-state index in [2.05, 4.69) is 11.9 Å². The van der Waals surface area contributed by atoms with Crippen LogP contribution < -0.4 is 0 Å². The molecular formula is C9H15N. The molecule has 3 aliphatic rings. The number of rotatable bonds is 0. The molecule has 1 saturated heterocycles. The number of nitrogens with zero attached hydrogens (tertiary/aromatic N) is 1. The first-order chi connectivity index (χ1) is 4.86. The zero-order valence-electron chi connectivity index (χ0n) is 6.64. The zero-order chi connectivity index (χ0) is 6.77. The largest absolute Gasteiger partial charge is 0.294 e. The van der Waals surface area contributed by atoms with Crippen molar-refractivity contribution in [3.05, 3.63) is 0 Å². The van der Waals surface area contributed by atoms with E-state index in [4.69, 9.17) is 0 Å². The predicted molar refractivity (Wildman–Crippen MR) is 40.9 cm³/mol. The van der Waals surface area contributed by atoms with Crippen molar-refractivity contribution in [3.8, 4) is 0 Å². The quantitative estimate of drug-likeness (QED) is 0.459. The molecule has 3 rings (SSSR count). The van der Waals surface area contributed by atoms with E-state index in [-0.39, 0.29) is 0 Å². The van der Waals surface area contributed by atoms with E-state index in [9.17, 15) is 0 Å². The summed E-state index contributed by atoms with van der Waals surface area (Å²) in [5.41, 5.74) is 0.776. The standard InChI is InChI=1S/C9H15N/c1-10-8-4-2-3-7-5-6-9(7,8)10/h7-8H,2-6H2,1H3. The molecule has 2 aliphatic carbocycles. The van der Waals surface area contributed by atoms with Crippen LogP contribution in [-0.2, 0) is 0 Å². The first kappa shape index (κ1) is 5.59. The van der Waals surface area contributed by atoms with Crippen molar-refractivity contribution in [1.29, 1.82) is 0 Å².